The Morgan fingerprint density at radius 3 is 2.45 bits per heavy atom. The van der Waals surface area contributed by atoms with E-state index in [9.17, 15) is 26.4 Å². The Labute approximate surface area is 244 Å². The first-order chi connectivity index (χ1) is 20.0. The first kappa shape index (κ1) is 29.8. The van der Waals surface area contributed by atoms with Gasteiger partial charge in [0.05, 0.1) is 5.56 Å². The van der Waals surface area contributed by atoms with Crippen molar-refractivity contribution >= 4 is 21.6 Å². The second-order valence-electron chi connectivity index (χ2n) is 10.7. The molecule has 0 spiro atoms. The summed E-state index contributed by atoms with van der Waals surface area (Å²) in [5, 5.41) is -1.60. The van der Waals surface area contributed by atoms with Gasteiger partial charge in [0.15, 0.2) is 0 Å². The van der Waals surface area contributed by atoms with E-state index in [1.165, 1.54) is 12.1 Å². The van der Waals surface area contributed by atoms with Gasteiger partial charge < -0.3 is 9.80 Å². The van der Waals surface area contributed by atoms with Crippen LogP contribution >= 0.6 is 0 Å². The molecule has 3 aromatic rings. The van der Waals surface area contributed by atoms with Crippen LogP contribution in [-0.4, -0.2) is 50.4 Å². The number of carbonyl (C=O) groups excluding carboxylic acids is 1. The number of aromatic nitrogens is 1. The first-order valence-corrected chi connectivity index (χ1v) is 15.4. The van der Waals surface area contributed by atoms with Crippen LogP contribution in [-0.2, 0) is 22.6 Å². The van der Waals surface area contributed by atoms with Gasteiger partial charge in [-0.25, -0.2) is 13.1 Å². The fourth-order valence-corrected chi connectivity index (χ4v) is 7.57. The Balaban J connectivity index is 1.31. The molecule has 42 heavy (non-hydrogen) atoms. The summed E-state index contributed by atoms with van der Waals surface area (Å²) in [6, 6.07) is 13.2. The quantitative estimate of drug-likeness (QED) is 0.338. The summed E-state index contributed by atoms with van der Waals surface area (Å²) in [6.07, 6.45) is 2.44. The third kappa shape index (κ3) is 6.07. The van der Waals surface area contributed by atoms with Crippen LogP contribution in [0.15, 0.2) is 79.6 Å². The number of hydrogen-bond acceptors (Lipinski definition) is 5. The van der Waals surface area contributed by atoms with E-state index in [0.29, 0.717) is 24.0 Å². The molecule has 7 nitrogen and oxygen atoms in total. The SMILES string of the molecule is C=CC(c1ccccc1C(F)(F)F)S(=O)(=O)NC1CCc2ccc(C(=O)N(C)C3CCN(c4ccncc4)CC3)cc21. The van der Waals surface area contributed by atoms with Crippen LogP contribution in [0.25, 0.3) is 0 Å². The van der Waals surface area contributed by atoms with Gasteiger partial charge in [0.1, 0.15) is 5.25 Å². The van der Waals surface area contributed by atoms with Crippen molar-refractivity contribution in [2.75, 3.05) is 25.0 Å². The minimum atomic E-state index is -4.72. The van der Waals surface area contributed by atoms with E-state index >= 15 is 0 Å². The van der Waals surface area contributed by atoms with Gasteiger partial charge >= 0.3 is 6.18 Å². The van der Waals surface area contributed by atoms with E-state index in [0.717, 1.165) is 55.4 Å². The maximum absolute atomic E-state index is 13.7. The van der Waals surface area contributed by atoms with Crippen molar-refractivity contribution in [1.29, 1.82) is 0 Å². The second kappa shape index (κ2) is 11.9. The van der Waals surface area contributed by atoms with Crippen molar-refractivity contribution in [2.45, 2.75) is 49.2 Å². The van der Waals surface area contributed by atoms with Crippen LogP contribution in [0.2, 0.25) is 0 Å². The fourth-order valence-electron chi connectivity index (χ4n) is 5.99. The molecule has 222 valence electrons. The lowest BCUT2D eigenvalue weighted by atomic mass is 10.0. The van der Waals surface area contributed by atoms with Crippen LogP contribution < -0.4 is 9.62 Å². The number of anilines is 1. The zero-order chi connectivity index (χ0) is 30.1. The summed E-state index contributed by atoms with van der Waals surface area (Å²) in [6.45, 7) is 5.14. The van der Waals surface area contributed by atoms with Crippen LogP contribution in [0.4, 0.5) is 18.9 Å². The van der Waals surface area contributed by atoms with E-state index in [2.05, 4.69) is 21.2 Å². The van der Waals surface area contributed by atoms with Gasteiger partial charge in [-0.15, -0.1) is 6.58 Å². The molecule has 0 bridgehead atoms. The number of aryl methyl sites for hydroxylation is 1. The first-order valence-electron chi connectivity index (χ1n) is 13.8. The smallest absolute Gasteiger partial charge is 0.371 e. The molecule has 0 radical (unpaired) electrons. The van der Waals surface area contributed by atoms with Crippen LogP contribution in [0.5, 0.6) is 0 Å². The monoisotopic (exact) mass is 598 g/mol. The number of hydrogen-bond donors (Lipinski definition) is 1. The summed E-state index contributed by atoms with van der Waals surface area (Å²) in [4.78, 5) is 21.6. The highest BCUT2D eigenvalue weighted by atomic mass is 32.2. The van der Waals surface area contributed by atoms with Gasteiger partial charge in [-0.2, -0.15) is 13.2 Å². The zero-order valence-corrected chi connectivity index (χ0v) is 24.0. The third-order valence-electron chi connectivity index (χ3n) is 8.26. The molecule has 2 unspecified atom stereocenters. The van der Waals surface area contributed by atoms with Crippen molar-refractivity contribution in [3.8, 4) is 0 Å². The number of fused-ring (bicyclic) bond motifs is 1. The molecule has 2 heterocycles. The summed E-state index contributed by atoms with van der Waals surface area (Å²) < 4.78 is 70.5. The molecule has 1 amide bonds. The van der Waals surface area contributed by atoms with Crippen molar-refractivity contribution in [2.24, 2.45) is 0 Å². The molecule has 2 atom stereocenters. The molecular weight excluding hydrogens is 565 g/mol. The number of piperidine rings is 1. The van der Waals surface area contributed by atoms with Gasteiger partial charge in [-0.3, -0.25) is 9.78 Å². The number of sulfonamides is 1. The summed E-state index contributed by atoms with van der Waals surface area (Å²) >= 11 is 0. The van der Waals surface area contributed by atoms with Gasteiger partial charge in [-0.05, 0) is 72.7 Å². The molecule has 2 aromatic carbocycles. The number of nitrogens with zero attached hydrogens (tertiary/aromatic N) is 3. The molecule has 5 rings (SSSR count). The highest BCUT2D eigenvalue weighted by Gasteiger charge is 2.39. The largest absolute Gasteiger partial charge is 0.416 e. The molecule has 2 aliphatic rings. The Kier molecular flexibility index (Phi) is 8.43. The molecule has 0 saturated carbocycles. The fraction of sp³-hybridized carbons (Fsp3) is 0.355. The number of alkyl halides is 3. The number of amides is 1. The van der Waals surface area contributed by atoms with Gasteiger partial charge in [-0.1, -0.05) is 30.3 Å². The molecule has 1 aliphatic carbocycles. The number of pyridine rings is 1. The normalized spacial score (nSPS) is 18.4. The van der Waals surface area contributed by atoms with Crippen LogP contribution in [0.3, 0.4) is 0 Å². The minimum absolute atomic E-state index is 0.0557. The predicted octanol–water partition coefficient (Wildman–Crippen LogP) is 5.68. The average molecular weight is 599 g/mol. The molecule has 1 aromatic heterocycles. The number of nitrogens with one attached hydrogen (secondary N) is 1. The predicted molar refractivity (Wildman–Crippen MR) is 156 cm³/mol. The van der Waals surface area contributed by atoms with E-state index in [-0.39, 0.29) is 17.5 Å². The molecule has 1 N–H and O–H groups in total. The summed E-state index contributed by atoms with van der Waals surface area (Å²) in [5.41, 5.74) is 1.71. The maximum Gasteiger partial charge on any atom is 0.416 e. The Hall–Kier alpha value is -3.70. The van der Waals surface area contributed by atoms with Crippen molar-refractivity contribution in [1.82, 2.24) is 14.6 Å². The Morgan fingerprint density at radius 2 is 1.79 bits per heavy atom. The van der Waals surface area contributed by atoms with Crippen molar-refractivity contribution in [3.63, 3.8) is 0 Å². The second-order valence-corrected chi connectivity index (χ2v) is 12.6. The molecule has 1 fully saturated rings. The van der Waals surface area contributed by atoms with Gasteiger partial charge in [0.2, 0.25) is 10.0 Å². The number of benzene rings is 2. The van der Waals surface area contributed by atoms with Crippen molar-refractivity contribution < 1.29 is 26.4 Å². The van der Waals surface area contributed by atoms with Gasteiger partial charge in [0, 0.05) is 55.9 Å². The number of rotatable bonds is 8. The average Bonchev–Trinajstić information content (AvgIpc) is 3.38. The maximum atomic E-state index is 13.7. The van der Waals surface area contributed by atoms with E-state index in [1.807, 2.05) is 18.2 Å². The lowest BCUT2D eigenvalue weighted by Gasteiger charge is -2.38. The van der Waals surface area contributed by atoms with E-state index in [4.69, 9.17) is 0 Å². The van der Waals surface area contributed by atoms with Crippen LogP contribution in [0.1, 0.15) is 63.2 Å². The topological polar surface area (TPSA) is 82.6 Å². The molecule has 1 aliphatic heterocycles. The third-order valence-corrected chi connectivity index (χ3v) is 9.99. The van der Waals surface area contributed by atoms with E-state index in [1.54, 1.807) is 36.5 Å². The molecule has 1 saturated heterocycles. The zero-order valence-electron chi connectivity index (χ0n) is 23.2. The number of carbonyl (C=O) groups is 1. The summed E-state index contributed by atoms with van der Waals surface area (Å²) in [7, 11) is -2.51. The Morgan fingerprint density at radius 1 is 1.10 bits per heavy atom. The molecular formula is C31H33F3N4O3S. The lowest BCUT2D eigenvalue weighted by Crippen LogP contribution is -2.45. The highest BCUT2D eigenvalue weighted by molar-refractivity contribution is 7.89. The standard InChI is InChI=1S/C31H33F3N4O3S/c1-3-29(25-6-4-5-7-27(25)31(32,33)34)42(40,41)36-28-11-10-21-8-9-22(20-26(21)28)30(39)37(2)23-14-18-38(19-15-23)24-12-16-35-17-13-24/h3-9,12-13,16-17,20,23,28-29,36H,1,10-11,14-15,18-19H2,2H3. The minimum Gasteiger partial charge on any atom is -0.371 e. The Bertz CT molecular complexity index is 1560. The van der Waals surface area contributed by atoms with Crippen molar-refractivity contribution in [3.05, 3.63) is 107 Å². The molecule has 11 heteroatoms. The summed E-state index contributed by atoms with van der Waals surface area (Å²) in [5.74, 6) is -0.156. The van der Waals surface area contributed by atoms with Crippen LogP contribution in [0, 0.1) is 0 Å². The lowest BCUT2D eigenvalue weighted by molar-refractivity contribution is -0.138. The highest BCUT2D eigenvalue weighted by Crippen LogP contribution is 2.39. The van der Waals surface area contributed by atoms with Gasteiger partial charge in [0.25, 0.3) is 5.91 Å². The number of halogens is 3. The van der Waals surface area contributed by atoms with E-state index < -0.39 is 33.1 Å².